The standard InChI is InChI=1S/C14H20N2O5S/c1-20-7-10-12(22-8-15-10)13(17)16-5-3-9(4-6-16)11(21-2)14(18)19/h8-9,11H,3-7H2,1-2H3,(H,18,19). The van der Waals surface area contributed by atoms with Gasteiger partial charge >= 0.3 is 5.97 Å². The summed E-state index contributed by atoms with van der Waals surface area (Å²) in [7, 11) is 2.97. The van der Waals surface area contributed by atoms with E-state index in [-0.39, 0.29) is 11.8 Å². The number of aromatic nitrogens is 1. The zero-order valence-electron chi connectivity index (χ0n) is 12.7. The second-order valence-corrected chi connectivity index (χ2v) is 6.04. The molecule has 0 aliphatic carbocycles. The van der Waals surface area contributed by atoms with Crippen molar-refractivity contribution in [3.05, 3.63) is 16.1 Å². The van der Waals surface area contributed by atoms with E-state index < -0.39 is 12.1 Å². The van der Waals surface area contributed by atoms with Gasteiger partial charge in [0.1, 0.15) is 4.88 Å². The number of rotatable bonds is 6. The SMILES string of the molecule is COCc1ncsc1C(=O)N1CCC(C(OC)C(=O)O)CC1. The molecule has 0 bridgehead atoms. The topological polar surface area (TPSA) is 89.0 Å². The minimum absolute atomic E-state index is 0.0581. The minimum Gasteiger partial charge on any atom is -0.479 e. The number of ether oxygens (including phenoxy) is 2. The summed E-state index contributed by atoms with van der Waals surface area (Å²) in [5.74, 6) is -1.07. The fraction of sp³-hybridized carbons (Fsp3) is 0.643. The van der Waals surface area contributed by atoms with Crippen LogP contribution in [0.2, 0.25) is 0 Å². The third kappa shape index (κ3) is 3.63. The predicted octanol–water partition coefficient (Wildman–Crippen LogP) is 1.24. The summed E-state index contributed by atoms with van der Waals surface area (Å²) in [4.78, 5) is 30.1. The lowest BCUT2D eigenvalue weighted by Crippen LogP contribution is -2.43. The number of nitrogens with zero attached hydrogens (tertiary/aromatic N) is 2. The second kappa shape index (κ2) is 7.66. The van der Waals surface area contributed by atoms with Crippen LogP contribution in [0.4, 0.5) is 0 Å². The lowest BCUT2D eigenvalue weighted by molar-refractivity contribution is -0.153. The van der Waals surface area contributed by atoms with Gasteiger partial charge in [-0.05, 0) is 18.8 Å². The smallest absolute Gasteiger partial charge is 0.333 e. The number of likely N-dealkylation sites (tertiary alicyclic amines) is 1. The molecule has 122 valence electrons. The van der Waals surface area contributed by atoms with Crippen molar-refractivity contribution in [2.24, 2.45) is 5.92 Å². The van der Waals surface area contributed by atoms with Crippen LogP contribution >= 0.6 is 11.3 Å². The highest BCUT2D eigenvalue weighted by Crippen LogP contribution is 2.25. The van der Waals surface area contributed by atoms with Crippen LogP contribution < -0.4 is 0 Å². The molecule has 1 unspecified atom stereocenters. The van der Waals surface area contributed by atoms with Crippen LogP contribution in [-0.4, -0.2) is 60.3 Å². The first-order valence-electron chi connectivity index (χ1n) is 7.04. The first-order valence-corrected chi connectivity index (χ1v) is 7.92. The molecule has 1 aromatic rings. The summed E-state index contributed by atoms with van der Waals surface area (Å²) in [6, 6.07) is 0. The average Bonchev–Trinajstić information content (AvgIpc) is 2.96. The van der Waals surface area contributed by atoms with E-state index in [1.807, 2.05) is 0 Å². The Morgan fingerprint density at radius 3 is 2.68 bits per heavy atom. The van der Waals surface area contributed by atoms with Crippen LogP contribution in [-0.2, 0) is 20.9 Å². The van der Waals surface area contributed by atoms with E-state index in [0.29, 0.717) is 43.1 Å². The Morgan fingerprint density at radius 2 is 2.14 bits per heavy atom. The molecule has 0 aromatic carbocycles. The van der Waals surface area contributed by atoms with Crippen molar-refractivity contribution in [3.8, 4) is 0 Å². The zero-order chi connectivity index (χ0) is 16.1. The normalized spacial score (nSPS) is 17.5. The summed E-state index contributed by atoms with van der Waals surface area (Å²) in [5.41, 5.74) is 2.29. The van der Waals surface area contributed by atoms with Crippen molar-refractivity contribution in [2.45, 2.75) is 25.6 Å². The number of hydrogen-bond donors (Lipinski definition) is 1. The molecule has 1 fully saturated rings. The number of hydrogen-bond acceptors (Lipinski definition) is 6. The van der Waals surface area contributed by atoms with Crippen molar-refractivity contribution in [1.29, 1.82) is 0 Å². The molecular weight excluding hydrogens is 308 g/mol. The Bertz CT molecular complexity index is 525. The predicted molar refractivity (Wildman–Crippen MR) is 79.9 cm³/mol. The number of piperidine rings is 1. The molecule has 1 saturated heterocycles. The molecule has 0 radical (unpaired) electrons. The van der Waals surface area contributed by atoms with E-state index in [1.54, 1.807) is 17.5 Å². The number of carboxylic acid groups (broad SMARTS) is 1. The highest BCUT2D eigenvalue weighted by atomic mass is 32.1. The molecule has 1 aromatic heterocycles. The number of methoxy groups -OCH3 is 2. The summed E-state index contributed by atoms with van der Waals surface area (Å²) in [5, 5.41) is 9.12. The van der Waals surface area contributed by atoms with Gasteiger partial charge < -0.3 is 19.5 Å². The zero-order valence-corrected chi connectivity index (χ0v) is 13.5. The lowest BCUT2D eigenvalue weighted by Gasteiger charge is -2.33. The van der Waals surface area contributed by atoms with Crippen molar-refractivity contribution in [1.82, 2.24) is 9.88 Å². The molecule has 1 atom stereocenters. The van der Waals surface area contributed by atoms with Crippen LogP contribution in [0, 0.1) is 5.92 Å². The number of amides is 1. The van der Waals surface area contributed by atoms with Gasteiger partial charge in [-0.25, -0.2) is 9.78 Å². The van der Waals surface area contributed by atoms with Gasteiger partial charge in [0.05, 0.1) is 17.8 Å². The van der Waals surface area contributed by atoms with Gasteiger partial charge in [-0.15, -0.1) is 11.3 Å². The van der Waals surface area contributed by atoms with Crippen molar-refractivity contribution >= 4 is 23.2 Å². The fourth-order valence-corrected chi connectivity index (χ4v) is 3.49. The van der Waals surface area contributed by atoms with Gasteiger partial charge in [-0.3, -0.25) is 4.79 Å². The fourth-order valence-electron chi connectivity index (χ4n) is 2.73. The largest absolute Gasteiger partial charge is 0.479 e. The Balaban J connectivity index is 1.97. The number of carbonyl (C=O) groups is 2. The maximum atomic E-state index is 12.5. The van der Waals surface area contributed by atoms with Crippen molar-refractivity contribution < 1.29 is 24.2 Å². The molecule has 1 aliphatic rings. The Kier molecular flexibility index (Phi) is 5.87. The van der Waals surface area contributed by atoms with Crippen molar-refractivity contribution in [2.75, 3.05) is 27.3 Å². The van der Waals surface area contributed by atoms with Gasteiger partial charge in [0.2, 0.25) is 0 Å². The van der Waals surface area contributed by atoms with E-state index in [4.69, 9.17) is 14.6 Å². The summed E-state index contributed by atoms with van der Waals surface area (Å²) in [6.07, 6.45) is 0.439. The maximum Gasteiger partial charge on any atom is 0.333 e. The Labute approximate surface area is 132 Å². The molecule has 7 nitrogen and oxygen atoms in total. The van der Waals surface area contributed by atoms with Crippen LogP contribution in [0.3, 0.4) is 0 Å². The van der Waals surface area contributed by atoms with E-state index in [2.05, 4.69) is 4.98 Å². The van der Waals surface area contributed by atoms with E-state index in [0.717, 1.165) is 0 Å². The molecule has 2 heterocycles. The Morgan fingerprint density at radius 1 is 1.45 bits per heavy atom. The number of carboxylic acids is 1. The van der Waals surface area contributed by atoms with E-state index in [1.165, 1.54) is 18.4 Å². The molecule has 8 heteroatoms. The lowest BCUT2D eigenvalue weighted by atomic mass is 9.91. The summed E-state index contributed by atoms with van der Waals surface area (Å²) >= 11 is 1.31. The highest BCUT2D eigenvalue weighted by Gasteiger charge is 2.33. The number of aliphatic carboxylic acids is 1. The molecule has 0 saturated carbocycles. The quantitative estimate of drug-likeness (QED) is 0.845. The summed E-state index contributed by atoms with van der Waals surface area (Å²) in [6.45, 7) is 1.37. The first-order chi connectivity index (χ1) is 10.6. The molecule has 2 rings (SSSR count). The van der Waals surface area contributed by atoms with E-state index >= 15 is 0 Å². The number of thiazole rings is 1. The van der Waals surface area contributed by atoms with Gasteiger partial charge in [0.15, 0.2) is 6.10 Å². The molecule has 1 aliphatic heterocycles. The van der Waals surface area contributed by atoms with E-state index in [9.17, 15) is 9.59 Å². The first kappa shape index (κ1) is 16.9. The van der Waals surface area contributed by atoms with Gasteiger partial charge in [-0.1, -0.05) is 0 Å². The second-order valence-electron chi connectivity index (χ2n) is 5.19. The van der Waals surface area contributed by atoms with Crippen LogP contribution in [0.1, 0.15) is 28.2 Å². The average molecular weight is 328 g/mol. The number of carbonyl (C=O) groups excluding carboxylic acids is 1. The van der Waals surface area contributed by atoms with Crippen LogP contribution in [0.15, 0.2) is 5.51 Å². The Hall–Kier alpha value is -1.51. The molecular formula is C14H20N2O5S. The summed E-state index contributed by atoms with van der Waals surface area (Å²) < 4.78 is 10.1. The minimum atomic E-state index is -0.947. The third-order valence-electron chi connectivity index (χ3n) is 3.87. The molecule has 0 spiro atoms. The monoisotopic (exact) mass is 328 g/mol. The molecule has 22 heavy (non-hydrogen) atoms. The third-order valence-corrected chi connectivity index (χ3v) is 4.73. The van der Waals surface area contributed by atoms with Crippen LogP contribution in [0.5, 0.6) is 0 Å². The molecule has 1 amide bonds. The van der Waals surface area contributed by atoms with Crippen molar-refractivity contribution in [3.63, 3.8) is 0 Å². The van der Waals surface area contributed by atoms with Gasteiger partial charge in [0, 0.05) is 27.3 Å². The maximum absolute atomic E-state index is 12.5. The van der Waals surface area contributed by atoms with Gasteiger partial charge in [0.25, 0.3) is 5.91 Å². The highest BCUT2D eigenvalue weighted by molar-refractivity contribution is 7.11. The molecule has 1 N–H and O–H groups in total. The van der Waals surface area contributed by atoms with Gasteiger partial charge in [-0.2, -0.15) is 0 Å². The van der Waals surface area contributed by atoms with Crippen LogP contribution in [0.25, 0.3) is 0 Å².